The Kier molecular flexibility index (Phi) is 11.0. The van der Waals surface area contributed by atoms with Gasteiger partial charge in [0.1, 0.15) is 11.5 Å². The van der Waals surface area contributed by atoms with E-state index in [9.17, 15) is 0 Å². The maximum atomic E-state index is 6.01. The van der Waals surface area contributed by atoms with E-state index in [1.54, 1.807) is 0 Å². The lowest BCUT2D eigenvalue weighted by Gasteiger charge is -2.14. The zero-order valence-electron chi connectivity index (χ0n) is 22.5. The van der Waals surface area contributed by atoms with Gasteiger partial charge in [0.05, 0.1) is 38.6 Å². The molecule has 2 aliphatic heterocycles. The standard InChI is InChI=1S/C32H46O4/c1-3-5-9-27(31-23-35-31)11-7-21-33-29-17-13-25(14-18-29)26-15-19-30(20-16-26)34-22-8-12-28(10-6-4-2)32-24-36-32/h13-20,27-28,31-32H,3-12,21-24H2,1-2H3. The van der Waals surface area contributed by atoms with Crippen molar-refractivity contribution in [2.75, 3.05) is 26.4 Å². The van der Waals surface area contributed by atoms with Gasteiger partial charge in [-0.25, -0.2) is 0 Å². The second-order valence-electron chi connectivity index (χ2n) is 10.6. The first-order chi connectivity index (χ1) is 17.8. The van der Waals surface area contributed by atoms with E-state index in [0.29, 0.717) is 24.0 Å². The average Bonchev–Trinajstić information content (AvgIpc) is 3.82. The highest BCUT2D eigenvalue weighted by molar-refractivity contribution is 5.64. The van der Waals surface area contributed by atoms with Crippen molar-refractivity contribution < 1.29 is 18.9 Å². The van der Waals surface area contributed by atoms with Crippen LogP contribution in [-0.2, 0) is 9.47 Å². The van der Waals surface area contributed by atoms with Gasteiger partial charge in [0, 0.05) is 0 Å². The van der Waals surface area contributed by atoms with E-state index in [4.69, 9.17) is 18.9 Å². The first kappa shape index (κ1) is 27.0. The smallest absolute Gasteiger partial charge is 0.119 e. The molecule has 198 valence electrons. The van der Waals surface area contributed by atoms with Crippen LogP contribution < -0.4 is 9.47 Å². The van der Waals surface area contributed by atoms with Crippen molar-refractivity contribution in [1.29, 1.82) is 0 Å². The van der Waals surface area contributed by atoms with Crippen molar-refractivity contribution in [2.24, 2.45) is 11.8 Å². The minimum Gasteiger partial charge on any atom is -0.494 e. The fraction of sp³-hybridized carbons (Fsp3) is 0.625. The van der Waals surface area contributed by atoms with Crippen LogP contribution >= 0.6 is 0 Å². The van der Waals surface area contributed by atoms with Crippen LogP contribution in [0.25, 0.3) is 11.1 Å². The summed E-state index contributed by atoms with van der Waals surface area (Å²) >= 11 is 0. The summed E-state index contributed by atoms with van der Waals surface area (Å²) in [5.74, 6) is 3.31. The normalized spacial score (nSPS) is 20.1. The lowest BCUT2D eigenvalue weighted by molar-refractivity contribution is 0.257. The third-order valence-corrected chi connectivity index (χ3v) is 7.64. The SMILES string of the molecule is CCCCC(CCCOc1ccc(-c2ccc(OCCCC(CCCC)C3CO3)cc2)cc1)C1CO1. The van der Waals surface area contributed by atoms with Gasteiger partial charge in [-0.2, -0.15) is 0 Å². The van der Waals surface area contributed by atoms with Crippen LogP contribution in [0.1, 0.15) is 78.1 Å². The molecule has 0 amide bonds. The number of ether oxygens (including phenoxy) is 4. The summed E-state index contributed by atoms with van der Waals surface area (Å²) in [6.45, 7) is 7.98. The third-order valence-electron chi connectivity index (χ3n) is 7.64. The Morgan fingerprint density at radius 3 is 1.31 bits per heavy atom. The molecule has 4 heteroatoms. The molecule has 0 spiro atoms. The van der Waals surface area contributed by atoms with Gasteiger partial charge in [-0.1, -0.05) is 63.8 Å². The van der Waals surface area contributed by atoms with Crippen LogP contribution in [0.2, 0.25) is 0 Å². The highest BCUT2D eigenvalue weighted by atomic mass is 16.6. The minimum atomic E-state index is 0.512. The molecule has 36 heavy (non-hydrogen) atoms. The van der Waals surface area contributed by atoms with Gasteiger partial charge < -0.3 is 18.9 Å². The van der Waals surface area contributed by atoms with Crippen LogP contribution in [0.5, 0.6) is 11.5 Å². The van der Waals surface area contributed by atoms with E-state index in [0.717, 1.165) is 50.8 Å². The molecule has 4 nitrogen and oxygen atoms in total. The van der Waals surface area contributed by atoms with Gasteiger partial charge in [-0.05, 0) is 85.8 Å². The van der Waals surface area contributed by atoms with Crippen molar-refractivity contribution >= 4 is 0 Å². The van der Waals surface area contributed by atoms with Crippen molar-refractivity contribution in [3.05, 3.63) is 48.5 Å². The molecule has 2 heterocycles. The summed E-state index contributed by atoms with van der Waals surface area (Å²) in [4.78, 5) is 0. The van der Waals surface area contributed by atoms with E-state index in [1.807, 2.05) is 0 Å². The fourth-order valence-corrected chi connectivity index (χ4v) is 5.18. The van der Waals surface area contributed by atoms with E-state index in [-0.39, 0.29) is 0 Å². The number of hydrogen-bond acceptors (Lipinski definition) is 4. The summed E-state index contributed by atoms with van der Waals surface area (Å²) in [6, 6.07) is 16.9. The topological polar surface area (TPSA) is 43.5 Å². The van der Waals surface area contributed by atoms with E-state index < -0.39 is 0 Å². The van der Waals surface area contributed by atoms with Gasteiger partial charge in [0.25, 0.3) is 0 Å². The molecule has 2 fully saturated rings. The Bertz CT molecular complexity index is 781. The molecule has 4 rings (SSSR count). The molecule has 2 aromatic rings. The molecule has 0 radical (unpaired) electrons. The van der Waals surface area contributed by atoms with Crippen LogP contribution in [0.3, 0.4) is 0 Å². The van der Waals surface area contributed by atoms with Gasteiger partial charge in [-0.15, -0.1) is 0 Å². The summed E-state index contributed by atoms with van der Waals surface area (Å²) in [7, 11) is 0. The molecule has 4 atom stereocenters. The quantitative estimate of drug-likeness (QED) is 0.146. The zero-order valence-corrected chi connectivity index (χ0v) is 22.5. The Labute approximate surface area is 218 Å². The molecule has 4 unspecified atom stereocenters. The van der Waals surface area contributed by atoms with Gasteiger partial charge >= 0.3 is 0 Å². The Morgan fingerprint density at radius 2 is 0.972 bits per heavy atom. The maximum absolute atomic E-state index is 6.01. The van der Waals surface area contributed by atoms with Crippen molar-refractivity contribution in [3.63, 3.8) is 0 Å². The fourth-order valence-electron chi connectivity index (χ4n) is 5.18. The van der Waals surface area contributed by atoms with Crippen LogP contribution in [-0.4, -0.2) is 38.6 Å². The predicted molar refractivity (Wildman–Crippen MR) is 147 cm³/mol. The monoisotopic (exact) mass is 494 g/mol. The molecule has 2 aliphatic rings. The highest BCUT2D eigenvalue weighted by Gasteiger charge is 2.32. The summed E-state index contributed by atoms with van der Waals surface area (Å²) in [6.07, 6.45) is 13.3. The Morgan fingerprint density at radius 1 is 0.611 bits per heavy atom. The Hall–Kier alpha value is -2.04. The molecule has 2 aromatic carbocycles. The van der Waals surface area contributed by atoms with E-state index >= 15 is 0 Å². The maximum Gasteiger partial charge on any atom is 0.119 e. The first-order valence-corrected chi connectivity index (χ1v) is 14.5. The highest BCUT2D eigenvalue weighted by Crippen LogP contribution is 2.30. The molecular formula is C32H46O4. The van der Waals surface area contributed by atoms with Gasteiger partial charge in [0.15, 0.2) is 0 Å². The zero-order chi connectivity index (χ0) is 25.0. The molecule has 0 aliphatic carbocycles. The van der Waals surface area contributed by atoms with Crippen molar-refractivity contribution in [1.82, 2.24) is 0 Å². The van der Waals surface area contributed by atoms with Crippen molar-refractivity contribution in [3.8, 4) is 22.6 Å². The summed E-state index contributed by atoms with van der Waals surface area (Å²) in [5.41, 5.74) is 2.39. The number of epoxide rings is 2. The molecular weight excluding hydrogens is 448 g/mol. The molecule has 0 bridgehead atoms. The second kappa shape index (κ2) is 14.6. The van der Waals surface area contributed by atoms with E-state index in [2.05, 4.69) is 62.4 Å². The first-order valence-electron chi connectivity index (χ1n) is 14.5. The van der Waals surface area contributed by atoms with Gasteiger partial charge in [-0.3, -0.25) is 0 Å². The Balaban J connectivity index is 1.14. The van der Waals surface area contributed by atoms with E-state index in [1.165, 1.54) is 62.5 Å². The summed E-state index contributed by atoms with van der Waals surface area (Å²) in [5, 5.41) is 0. The predicted octanol–water partition coefficient (Wildman–Crippen LogP) is 8.08. The molecule has 0 saturated carbocycles. The largest absolute Gasteiger partial charge is 0.494 e. The van der Waals surface area contributed by atoms with Crippen LogP contribution in [0, 0.1) is 11.8 Å². The molecule has 0 aromatic heterocycles. The number of hydrogen-bond donors (Lipinski definition) is 0. The minimum absolute atomic E-state index is 0.512. The molecule has 0 N–H and O–H groups in total. The van der Waals surface area contributed by atoms with Crippen molar-refractivity contribution in [2.45, 2.75) is 90.3 Å². The number of rotatable bonds is 19. The average molecular weight is 495 g/mol. The lowest BCUT2D eigenvalue weighted by Crippen LogP contribution is -2.10. The van der Waals surface area contributed by atoms with Crippen LogP contribution in [0.15, 0.2) is 48.5 Å². The number of benzene rings is 2. The second-order valence-corrected chi connectivity index (χ2v) is 10.6. The summed E-state index contributed by atoms with van der Waals surface area (Å²) < 4.78 is 23.1. The molecule has 2 saturated heterocycles. The number of unbranched alkanes of at least 4 members (excludes halogenated alkanes) is 2. The van der Waals surface area contributed by atoms with Gasteiger partial charge in [0.2, 0.25) is 0 Å². The lowest BCUT2D eigenvalue weighted by atomic mass is 9.94. The van der Waals surface area contributed by atoms with Crippen LogP contribution in [0.4, 0.5) is 0 Å². The third kappa shape index (κ3) is 9.12.